The Morgan fingerprint density at radius 1 is 1.30 bits per heavy atom. The second kappa shape index (κ2) is 6.55. The summed E-state index contributed by atoms with van der Waals surface area (Å²) < 4.78 is 13.4. The smallest absolute Gasteiger partial charge is 0.276 e. The van der Waals surface area contributed by atoms with Crippen LogP contribution in [0.25, 0.3) is 0 Å². The van der Waals surface area contributed by atoms with Crippen LogP contribution < -0.4 is 10.6 Å². The van der Waals surface area contributed by atoms with Crippen molar-refractivity contribution in [1.29, 1.82) is 0 Å². The Balaban J connectivity index is 2.11. The van der Waals surface area contributed by atoms with Gasteiger partial charge in [-0.3, -0.25) is 14.8 Å². The monoisotopic (exact) mass is 275 g/mol. The predicted molar refractivity (Wildman–Crippen MR) is 73.0 cm³/mol. The lowest BCUT2D eigenvalue weighted by Gasteiger charge is -2.07. The lowest BCUT2D eigenvalue weighted by molar-refractivity contribution is 0.102. The normalized spacial score (nSPS) is 10.1. The van der Waals surface area contributed by atoms with Gasteiger partial charge in [0.1, 0.15) is 11.5 Å². The van der Waals surface area contributed by atoms with Crippen LogP contribution in [-0.4, -0.2) is 27.4 Å². The van der Waals surface area contributed by atoms with Gasteiger partial charge in [-0.25, -0.2) is 9.37 Å². The molecule has 0 fully saturated rings. The Morgan fingerprint density at radius 2 is 2.15 bits per heavy atom. The van der Waals surface area contributed by atoms with Crippen molar-refractivity contribution < 1.29 is 9.18 Å². The van der Waals surface area contributed by atoms with E-state index in [4.69, 9.17) is 0 Å². The molecule has 0 unspecified atom stereocenters. The summed E-state index contributed by atoms with van der Waals surface area (Å²) >= 11 is 0. The van der Waals surface area contributed by atoms with Crippen molar-refractivity contribution in [2.24, 2.45) is 0 Å². The highest BCUT2D eigenvalue weighted by atomic mass is 19.1. The minimum atomic E-state index is -0.603. The number of aromatic nitrogens is 3. The van der Waals surface area contributed by atoms with Crippen LogP contribution in [-0.2, 0) is 0 Å². The molecule has 20 heavy (non-hydrogen) atoms. The van der Waals surface area contributed by atoms with Crippen LogP contribution in [0, 0.1) is 5.82 Å². The number of nitrogens with one attached hydrogen (secondary N) is 2. The van der Waals surface area contributed by atoms with E-state index in [9.17, 15) is 9.18 Å². The SMILES string of the molecule is CCCNc1cncc(C(=O)Nc2ccncc2F)n1. The molecule has 0 atom stereocenters. The first-order valence-electron chi connectivity index (χ1n) is 6.17. The average Bonchev–Trinajstić information content (AvgIpc) is 2.48. The molecule has 2 rings (SSSR count). The van der Waals surface area contributed by atoms with E-state index >= 15 is 0 Å². The molecular formula is C13H14FN5O. The molecule has 1 amide bonds. The highest BCUT2D eigenvalue weighted by Gasteiger charge is 2.11. The highest BCUT2D eigenvalue weighted by Crippen LogP contribution is 2.12. The van der Waals surface area contributed by atoms with Crippen molar-refractivity contribution >= 4 is 17.4 Å². The number of anilines is 2. The maximum atomic E-state index is 13.4. The first-order valence-corrected chi connectivity index (χ1v) is 6.17. The minimum Gasteiger partial charge on any atom is -0.369 e. The third-order valence-electron chi connectivity index (χ3n) is 2.44. The molecule has 2 aromatic rings. The zero-order chi connectivity index (χ0) is 14.4. The van der Waals surface area contributed by atoms with Crippen LogP contribution in [0.5, 0.6) is 0 Å². The van der Waals surface area contributed by atoms with Crippen LogP contribution in [0.3, 0.4) is 0 Å². The van der Waals surface area contributed by atoms with Gasteiger partial charge in [-0.1, -0.05) is 6.92 Å². The molecule has 0 radical (unpaired) electrons. The Bertz CT molecular complexity index is 605. The van der Waals surface area contributed by atoms with Crippen LogP contribution in [0.1, 0.15) is 23.8 Å². The van der Waals surface area contributed by atoms with Crippen molar-refractivity contribution in [3.63, 3.8) is 0 Å². The summed E-state index contributed by atoms with van der Waals surface area (Å²) in [6, 6.07) is 1.37. The van der Waals surface area contributed by atoms with Gasteiger partial charge in [0.25, 0.3) is 5.91 Å². The quantitative estimate of drug-likeness (QED) is 0.873. The molecule has 0 aliphatic heterocycles. The van der Waals surface area contributed by atoms with Crippen molar-refractivity contribution in [3.8, 4) is 0 Å². The molecule has 7 heteroatoms. The van der Waals surface area contributed by atoms with E-state index in [2.05, 4.69) is 25.6 Å². The Morgan fingerprint density at radius 3 is 2.90 bits per heavy atom. The molecule has 0 aliphatic carbocycles. The summed E-state index contributed by atoms with van der Waals surface area (Å²) in [7, 11) is 0. The second-order valence-electron chi connectivity index (χ2n) is 4.03. The third-order valence-corrected chi connectivity index (χ3v) is 2.44. The zero-order valence-corrected chi connectivity index (χ0v) is 10.9. The molecule has 2 aromatic heterocycles. The summed E-state index contributed by atoms with van der Waals surface area (Å²) in [5.74, 6) is -0.619. The molecule has 0 bridgehead atoms. The summed E-state index contributed by atoms with van der Waals surface area (Å²) in [5.41, 5.74) is 0.168. The number of amides is 1. The molecule has 0 aromatic carbocycles. The number of halogens is 1. The van der Waals surface area contributed by atoms with Crippen molar-refractivity contribution in [2.45, 2.75) is 13.3 Å². The maximum Gasteiger partial charge on any atom is 0.276 e. The molecule has 0 saturated carbocycles. The summed E-state index contributed by atoms with van der Waals surface area (Å²) in [6.07, 6.45) is 6.20. The van der Waals surface area contributed by atoms with E-state index < -0.39 is 11.7 Å². The number of pyridine rings is 1. The molecule has 2 N–H and O–H groups in total. The second-order valence-corrected chi connectivity index (χ2v) is 4.03. The van der Waals surface area contributed by atoms with Gasteiger partial charge in [0, 0.05) is 12.7 Å². The van der Waals surface area contributed by atoms with Crippen LogP contribution in [0.4, 0.5) is 15.9 Å². The van der Waals surface area contributed by atoms with Gasteiger partial charge in [-0.15, -0.1) is 0 Å². The maximum absolute atomic E-state index is 13.4. The molecule has 0 spiro atoms. The molecule has 6 nitrogen and oxygen atoms in total. The molecule has 2 heterocycles. The van der Waals surface area contributed by atoms with Crippen molar-refractivity contribution in [1.82, 2.24) is 15.0 Å². The van der Waals surface area contributed by atoms with Crippen LogP contribution >= 0.6 is 0 Å². The van der Waals surface area contributed by atoms with E-state index in [1.54, 1.807) is 0 Å². The fraction of sp³-hybridized carbons (Fsp3) is 0.231. The van der Waals surface area contributed by atoms with Gasteiger partial charge in [-0.2, -0.15) is 0 Å². The number of carbonyl (C=O) groups excluding carboxylic acids is 1. The largest absolute Gasteiger partial charge is 0.369 e. The topological polar surface area (TPSA) is 79.8 Å². The Kier molecular flexibility index (Phi) is 4.54. The lowest BCUT2D eigenvalue weighted by atomic mass is 10.3. The van der Waals surface area contributed by atoms with E-state index in [1.165, 1.54) is 24.7 Å². The predicted octanol–water partition coefficient (Wildman–Crippen LogP) is 2.08. The summed E-state index contributed by atoms with van der Waals surface area (Å²) in [4.78, 5) is 23.6. The number of rotatable bonds is 5. The van der Waals surface area contributed by atoms with E-state index in [0.29, 0.717) is 5.82 Å². The number of hydrogen-bond acceptors (Lipinski definition) is 5. The average molecular weight is 275 g/mol. The Labute approximate surface area is 115 Å². The molecule has 104 valence electrons. The van der Waals surface area contributed by atoms with E-state index in [1.807, 2.05) is 6.92 Å². The van der Waals surface area contributed by atoms with E-state index in [-0.39, 0.29) is 11.4 Å². The standard InChI is InChI=1S/C13H14FN5O/c1-2-4-17-12-8-16-7-11(18-12)13(20)19-10-3-5-15-6-9(10)14/h3,5-8H,2,4H2,1H3,(H,17,18)(H,15,19,20). The van der Waals surface area contributed by atoms with Gasteiger partial charge in [0.15, 0.2) is 5.82 Å². The molecule has 0 aliphatic rings. The summed E-state index contributed by atoms with van der Waals surface area (Å²) in [5, 5.41) is 5.45. The van der Waals surface area contributed by atoms with Gasteiger partial charge in [0.2, 0.25) is 0 Å². The fourth-order valence-corrected chi connectivity index (χ4v) is 1.48. The lowest BCUT2D eigenvalue weighted by Crippen LogP contribution is -2.16. The van der Waals surface area contributed by atoms with Crippen LogP contribution in [0.2, 0.25) is 0 Å². The van der Waals surface area contributed by atoms with Crippen LogP contribution in [0.15, 0.2) is 30.9 Å². The van der Waals surface area contributed by atoms with Crippen molar-refractivity contribution in [2.75, 3.05) is 17.2 Å². The molecule has 0 saturated heterocycles. The van der Waals surface area contributed by atoms with Gasteiger partial charge < -0.3 is 10.6 Å². The van der Waals surface area contributed by atoms with Crippen molar-refractivity contribution in [3.05, 3.63) is 42.4 Å². The number of nitrogens with zero attached hydrogens (tertiary/aromatic N) is 3. The first-order chi connectivity index (χ1) is 9.70. The number of hydrogen-bond donors (Lipinski definition) is 2. The zero-order valence-electron chi connectivity index (χ0n) is 10.9. The fourth-order valence-electron chi connectivity index (χ4n) is 1.48. The molecular weight excluding hydrogens is 261 g/mol. The third kappa shape index (κ3) is 3.47. The number of carbonyl (C=O) groups is 1. The van der Waals surface area contributed by atoms with Gasteiger partial charge in [0.05, 0.1) is 24.3 Å². The van der Waals surface area contributed by atoms with E-state index in [0.717, 1.165) is 19.2 Å². The minimum absolute atomic E-state index is 0.0544. The summed E-state index contributed by atoms with van der Waals surface area (Å²) in [6.45, 7) is 2.75. The Hall–Kier alpha value is -2.57. The van der Waals surface area contributed by atoms with Gasteiger partial charge in [-0.05, 0) is 12.5 Å². The highest BCUT2D eigenvalue weighted by molar-refractivity contribution is 6.02. The van der Waals surface area contributed by atoms with Gasteiger partial charge >= 0.3 is 0 Å². The first kappa shape index (κ1) is 13.9.